The van der Waals surface area contributed by atoms with Gasteiger partial charge < -0.3 is 14.2 Å². The molecule has 2 rings (SSSR count). The lowest BCUT2D eigenvalue weighted by Crippen LogP contribution is -2.35. The lowest BCUT2D eigenvalue weighted by molar-refractivity contribution is -0.133. The van der Waals surface area contributed by atoms with Gasteiger partial charge in [0.15, 0.2) is 5.76 Å². The molecule has 0 bridgehead atoms. The fraction of sp³-hybridized carbons (Fsp3) is 0.412. The van der Waals surface area contributed by atoms with Crippen LogP contribution in [0.3, 0.4) is 0 Å². The second-order valence-electron chi connectivity index (χ2n) is 5.38. The van der Waals surface area contributed by atoms with Gasteiger partial charge in [0.25, 0.3) is 0 Å². The van der Waals surface area contributed by atoms with Crippen molar-refractivity contribution < 1.29 is 14.1 Å². The zero-order valence-corrected chi connectivity index (χ0v) is 13.5. The second-order valence-corrected chi connectivity index (χ2v) is 5.38. The Morgan fingerprint density at radius 3 is 2.77 bits per heavy atom. The van der Waals surface area contributed by atoms with Gasteiger partial charge >= 0.3 is 0 Å². The predicted molar refractivity (Wildman–Crippen MR) is 84.5 cm³/mol. The zero-order valence-electron chi connectivity index (χ0n) is 13.5. The Bertz CT molecular complexity index is 634. The average molecular weight is 302 g/mol. The number of benzene rings is 1. The third-order valence-corrected chi connectivity index (χ3v) is 3.49. The van der Waals surface area contributed by atoms with Crippen LogP contribution in [-0.4, -0.2) is 29.1 Å². The molecule has 0 saturated heterocycles. The topological polar surface area (TPSA) is 55.6 Å². The summed E-state index contributed by atoms with van der Waals surface area (Å²) < 4.78 is 10.6. The Morgan fingerprint density at radius 2 is 2.14 bits per heavy atom. The molecule has 0 aliphatic rings. The molecule has 0 radical (unpaired) electrons. The summed E-state index contributed by atoms with van der Waals surface area (Å²) in [6, 6.07) is 9.60. The van der Waals surface area contributed by atoms with E-state index < -0.39 is 0 Å². The summed E-state index contributed by atoms with van der Waals surface area (Å²) in [5, 5.41) is 4.08. The molecule has 0 spiro atoms. The van der Waals surface area contributed by atoms with Gasteiger partial charge in [-0.15, -0.1) is 0 Å². The highest BCUT2D eigenvalue weighted by atomic mass is 16.5. The first-order chi connectivity index (χ1) is 10.5. The maximum absolute atomic E-state index is 12.0. The number of amides is 1. The molecule has 0 aliphatic heterocycles. The summed E-state index contributed by atoms with van der Waals surface area (Å²) in [7, 11) is 1.63. The van der Waals surface area contributed by atoms with Gasteiger partial charge in [0.1, 0.15) is 11.4 Å². The molecular weight excluding hydrogens is 280 g/mol. The Balaban J connectivity index is 2.18. The van der Waals surface area contributed by atoms with Crippen molar-refractivity contribution in [2.45, 2.75) is 39.8 Å². The highest BCUT2D eigenvalue weighted by Crippen LogP contribution is 2.25. The van der Waals surface area contributed by atoms with E-state index in [1.165, 1.54) is 0 Å². The molecule has 5 heteroatoms. The normalized spacial score (nSPS) is 10.8. The fourth-order valence-electron chi connectivity index (χ4n) is 2.24. The minimum Gasteiger partial charge on any atom is -0.497 e. The van der Waals surface area contributed by atoms with Crippen molar-refractivity contribution in [2.75, 3.05) is 7.11 Å². The SMILES string of the molecule is CCC(=O)N(Cc1cc(-c2cccc(OC)c2)on1)C(C)C. The second kappa shape index (κ2) is 7.11. The lowest BCUT2D eigenvalue weighted by Gasteiger charge is -2.25. The monoisotopic (exact) mass is 302 g/mol. The molecular formula is C17H22N2O3. The zero-order chi connectivity index (χ0) is 16.1. The molecule has 1 heterocycles. The van der Waals surface area contributed by atoms with Crippen LogP contribution < -0.4 is 4.74 Å². The summed E-state index contributed by atoms with van der Waals surface area (Å²) in [5.74, 6) is 1.54. The van der Waals surface area contributed by atoms with Crippen molar-refractivity contribution in [3.63, 3.8) is 0 Å². The summed E-state index contributed by atoms with van der Waals surface area (Å²) in [4.78, 5) is 13.8. The van der Waals surface area contributed by atoms with Crippen LogP contribution in [0.1, 0.15) is 32.9 Å². The minimum absolute atomic E-state index is 0.112. The highest BCUT2D eigenvalue weighted by Gasteiger charge is 2.18. The van der Waals surface area contributed by atoms with E-state index in [0.29, 0.717) is 18.7 Å². The van der Waals surface area contributed by atoms with Gasteiger partial charge in [-0.05, 0) is 26.0 Å². The van der Waals surface area contributed by atoms with Gasteiger partial charge in [-0.2, -0.15) is 0 Å². The third-order valence-electron chi connectivity index (χ3n) is 3.49. The molecule has 1 aromatic carbocycles. The van der Waals surface area contributed by atoms with Gasteiger partial charge in [0.05, 0.1) is 13.7 Å². The first-order valence-electron chi connectivity index (χ1n) is 7.44. The van der Waals surface area contributed by atoms with Gasteiger partial charge in [-0.3, -0.25) is 4.79 Å². The van der Waals surface area contributed by atoms with E-state index in [4.69, 9.17) is 9.26 Å². The van der Waals surface area contributed by atoms with E-state index >= 15 is 0 Å². The van der Waals surface area contributed by atoms with Crippen molar-refractivity contribution in [3.8, 4) is 17.1 Å². The van der Waals surface area contributed by atoms with E-state index in [1.807, 2.05) is 51.1 Å². The Hall–Kier alpha value is -2.30. The summed E-state index contributed by atoms with van der Waals surface area (Å²) in [6.07, 6.45) is 0.485. The van der Waals surface area contributed by atoms with Gasteiger partial charge in [0.2, 0.25) is 5.91 Å². The molecule has 2 aromatic rings. The van der Waals surface area contributed by atoms with Crippen LogP contribution in [0.15, 0.2) is 34.9 Å². The van der Waals surface area contributed by atoms with Gasteiger partial charge in [0, 0.05) is 24.1 Å². The van der Waals surface area contributed by atoms with Crippen molar-refractivity contribution in [2.24, 2.45) is 0 Å². The Morgan fingerprint density at radius 1 is 1.36 bits per heavy atom. The smallest absolute Gasteiger partial charge is 0.222 e. The summed E-state index contributed by atoms with van der Waals surface area (Å²) >= 11 is 0. The molecule has 0 fully saturated rings. The van der Waals surface area contributed by atoms with Crippen LogP contribution in [0, 0.1) is 0 Å². The summed E-state index contributed by atoms with van der Waals surface area (Å²) in [5.41, 5.74) is 1.64. The maximum Gasteiger partial charge on any atom is 0.222 e. The quantitative estimate of drug-likeness (QED) is 0.819. The molecule has 0 unspecified atom stereocenters. The van der Waals surface area contributed by atoms with Crippen LogP contribution >= 0.6 is 0 Å². The fourth-order valence-corrected chi connectivity index (χ4v) is 2.24. The van der Waals surface area contributed by atoms with E-state index in [-0.39, 0.29) is 11.9 Å². The third kappa shape index (κ3) is 3.67. The number of carbonyl (C=O) groups is 1. The van der Waals surface area contributed by atoms with Crippen LogP contribution in [0.4, 0.5) is 0 Å². The van der Waals surface area contributed by atoms with E-state index in [0.717, 1.165) is 17.0 Å². The number of hydrogen-bond acceptors (Lipinski definition) is 4. The van der Waals surface area contributed by atoms with Crippen molar-refractivity contribution >= 4 is 5.91 Å². The molecule has 1 amide bonds. The molecule has 1 aromatic heterocycles. The first-order valence-corrected chi connectivity index (χ1v) is 7.44. The van der Waals surface area contributed by atoms with Crippen LogP contribution in [-0.2, 0) is 11.3 Å². The molecule has 22 heavy (non-hydrogen) atoms. The lowest BCUT2D eigenvalue weighted by atomic mass is 10.1. The molecule has 0 N–H and O–H groups in total. The van der Waals surface area contributed by atoms with Gasteiger partial charge in [-0.1, -0.05) is 24.2 Å². The van der Waals surface area contributed by atoms with Crippen molar-refractivity contribution in [1.82, 2.24) is 10.1 Å². The Kier molecular flexibility index (Phi) is 5.20. The standard InChI is InChI=1S/C17H22N2O3/c1-5-17(20)19(12(2)3)11-14-10-16(22-18-14)13-7-6-8-15(9-13)21-4/h6-10,12H,5,11H2,1-4H3. The number of aromatic nitrogens is 1. The molecule has 5 nitrogen and oxygen atoms in total. The first kappa shape index (κ1) is 16.1. The predicted octanol–water partition coefficient (Wildman–Crippen LogP) is 3.50. The number of carbonyl (C=O) groups excluding carboxylic acids is 1. The highest BCUT2D eigenvalue weighted by molar-refractivity contribution is 5.76. The molecule has 0 atom stereocenters. The van der Waals surface area contributed by atoms with E-state index in [2.05, 4.69) is 5.16 Å². The number of hydrogen-bond donors (Lipinski definition) is 0. The van der Waals surface area contributed by atoms with Crippen molar-refractivity contribution in [1.29, 1.82) is 0 Å². The van der Waals surface area contributed by atoms with Crippen molar-refractivity contribution in [3.05, 3.63) is 36.0 Å². The number of methoxy groups -OCH3 is 1. The van der Waals surface area contributed by atoms with E-state index in [9.17, 15) is 4.79 Å². The van der Waals surface area contributed by atoms with Crippen LogP contribution in [0.25, 0.3) is 11.3 Å². The molecule has 0 aliphatic carbocycles. The maximum atomic E-state index is 12.0. The number of nitrogens with zero attached hydrogens (tertiary/aromatic N) is 2. The van der Waals surface area contributed by atoms with E-state index in [1.54, 1.807) is 12.0 Å². The number of rotatable bonds is 6. The summed E-state index contributed by atoms with van der Waals surface area (Å²) in [6.45, 7) is 6.31. The molecule has 0 saturated carbocycles. The van der Waals surface area contributed by atoms with Crippen LogP contribution in [0.2, 0.25) is 0 Å². The largest absolute Gasteiger partial charge is 0.497 e. The van der Waals surface area contributed by atoms with Crippen LogP contribution in [0.5, 0.6) is 5.75 Å². The molecule has 118 valence electrons. The Labute approximate surface area is 130 Å². The average Bonchev–Trinajstić information content (AvgIpc) is 3.00. The minimum atomic E-state index is 0.112. The number of ether oxygens (including phenoxy) is 1. The van der Waals surface area contributed by atoms with Gasteiger partial charge in [-0.25, -0.2) is 0 Å².